The number of hydrogen-bond acceptors (Lipinski definition) is 4. The maximum Gasteiger partial charge on any atom is 0.206 e. The van der Waals surface area contributed by atoms with Gasteiger partial charge in [-0.1, -0.05) is 0 Å². The lowest BCUT2D eigenvalue weighted by atomic mass is 10.3. The van der Waals surface area contributed by atoms with Crippen LogP contribution in [0, 0.1) is 5.82 Å². The van der Waals surface area contributed by atoms with Crippen molar-refractivity contribution >= 4 is 21.4 Å². The smallest absolute Gasteiger partial charge is 0.206 e. The molecule has 0 unspecified atom stereocenters. The van der Waals surface area contributed by atoms with E-state index < -0.39 is 10.0 Å². The number of hydrogen-bond donors (Lipinski definition) is 1. The Hall–Kier alpha value is -1.44. The number of benzene rings is 1. The van der Waals surface area contributed by atoms with Crippen LogP contribution >= 0.6 is 11.3 Å². The summed E-state index contributed by atoms with van der Waals surface area (Å²) in [5.41, 5.74) is 0. The van der Waals surface area contributed by atoms with E-state index in [1.165, 1.54) is 23.5 Å². The van der Waals surface area contributed by atoms with E-state index in [4.69, 9.17) is 4.74 Å². The topological polar surface area (TPSA) is 69.4 Å². The zero-order valence-corrected chi connectivity index (χ0v) is 11.2. The Kier molecular flexibility index (Phi) is 5.26. The lowest BCUT2D eigenvalue weighted by molar-refractivity contribution is 0.494. The van der Waals surface area contributed by atoms with Gasteiger partial charge in [0.25, 0.3) is 0 Å². The van der Waals surface area contributed by atoms with Gasteiger partial charge in [-0.3, -0.25) is 0 Å². The van der Waals surface area contributed by atoms with Gasteiger partial charge in [-0.05, 0) is 41.8 Å². The summed E-state index contributed by atoms with van der Waals surface area (Å²) < 4.78 is 36.8. The van der Waals surface area contributed by atoms with Crippen LogP contribution in [0.2, 0.25) is 0 Å². The highest BCUT2D eigenvalue weighted by molar-refractivity contribution is 7.88. The summed E-state index contributed by atoms with van der Waals surface area (Å²) in [7, 11) is -3.17. The molecule has 2 rings (SSSR count). The molecule has 0 fully saturated rings. The Morgan fingerprint density at radius 2 is 1.78 bits per heavy atom. The molecule has 1 aromatic carbocycles. The third-order valence-corrected chi connectivity index (χ3v) is 2.27. The van der Waals surface area contributed by atoms with Crippen molar-refractivity contribution in [3.8, 4) is 10.8 Å². The fourth-order valence-corrected chi connectivity index (χ4v) is 1.53. The lowest BCUT2D eigenvalue weighted by Crippen LogP contribution is -2.07. The first-order chi connectivity index (χ1) is 8.34. The first-order valence-corrected chi connectivity index (χ1v) is 7.63. The van der Waals surface area contributed by atoms with Gasteiger partial charge in [-0.2, -0.15) is 0 Å². The molecule has 0 aliphatic carbocycles. The van der Waals surface area contributed by atoms with Gasteiger partial charge in [0.05, 0.1) is 6.26 Å². The van der Waals surface area contributed by atoms with E-state index in [1.54, 1.807) is 12.1 Å². The zero-order chi connectivity index (χ0) is 13.6. The Morgan fingerprint density at radius 3 is 2.22 bits per heavy atom. The van der Waals surface area contributed by atoms with Crippen molar-refractivity contribution in [3.05, 3.63) is 47.6 Å². The number of nitrogens with two attached hydrogens (primary N) is 1. The molecule has 98 valence electrons. The first-order valence-electron chi connectivity index (χ1n) is 4.79. The fourth-order valence-electron chi connectivity index (χ4n) is 0.940. The molecule has 0 saturated carbocycles. The second-order valence-corrected chi connectivity index (χ2v) is 5.89. The van der Waals surface area contributed by atoms with Crippen LogP contribution in [0.4, 0.5) is 4.39 Å². The second-order valence-electron chi connectivity index (χ2n) is 3.32. The number of rotatable bonds is 2. The Balaban J connectivity index is 0.000000280. The van der Waals surface area contributed by atoms with Crippen molar-refractivity contribution in [3.63, 3.8) is 0 Å². The second kappa shape index (κ2) is 6.48. The standard InChI is InChI=1S/C10H7FOS.CH5NO2S/c11-8-3-5-9(6-4-8)12-10-2-1-7-13-10;1-5(2,3)4/h1-7H;1H3,(H2,2,3,4). The van der Waals surface area contributed by atoms with E-state index in [2.05, 4.69) is 5.14 Å². The average Bonchev–Trinajstić information content (AvgIpc) is 2.72. The number of primary sulfonamides is 1. The molecule has 4 nitrogen and oxygen atoms in total. The van der Waals surface area contributed by atoms with Gasteiger partial charge < -0.3 is 4.74 Å². The Morgan fingerprint density at radius 1 is 1.22 bits per heavy atom. The van der Waals surface area contributed by atoms with E-state index in [-0.39, 0.29) is 5.82 Å². The SMILES string of the molecule is CS(N)(=O)=O.Fc1ccc(Oc2cccs2)cc1. The molecule has 2 N–H and O–H groups in total. The van der Waals surface area contributed by atoms with Crippen LogP contribution in [0.1, 0.15) is 0 Å². The van der Waals surface area contributed by atoms with E-state index in [1.807, 2.05) is 17.5 Å². The van der Waals surface area contributed by atoms with Crippen molar-refractivity contribution < 1.29 is 17.5 Å². The van der Waals surface area contributed by atoms with Crippen LogP contribution in [0.25, 0.3) is 0 Å². The molecule has 0 bridgehead atoms. The van der Waals surface area contributed by atoms with Crippen molar-refractivity contribution in [2.24, 2.45) is 5.14 Å². The molecular formula is C11H12FNO3S2. The highest BCUT2D eigenvalue weighted by Gasteiger charge is 1.97. The monoisotopic (exact) mass is 289 g/mol. The minimum absolute atomic E-state index is 0.251. The number of thiophene rings is 1. The summed E-state index contributed by atoms with van der Waals surface area (Å²) in [4.78, 5) is 0. The number of ether oxygens (including phenoxy) is 1. The minimum atomic E-state index is -3.17. The molecule has 18 heavy (non-hydrogen) atoms. The maximum absolute atomic E-state index is 12.5. The van der Waals surface area contributed by atoms with E-state index in [0.717, 1.165) is 11.3 Å². The van der Waals surface area contributed by atoms with E-state index >= 15 is 0 Å². The maximum atomic E-state index is 12.5. The highest BCUT2D eigenvalue weighted by atomic mass is 32.2. The molecule has 1 aromatic heterocycles. The summed E-state index contributed by atoms with van der Waals surface area (Å²) in [6.07, 6.45) is 0.938. The predicted octanol–water partition coefficient (Wildman–Crippen LogP) is 2.58. The van der Waals surface area contributed by atoms with Crippen molar-refractivity contribution in [1.82, 2.24) is 0 Å². The van der Waals surface area contributed by atoms with Gasteiger partial charge >= 0.3 is 0 Å². The summed E-state index contributed by atoms with van der Waals surface area (Å²) in [5, 5.41) is 7.07. The molecule has 1 heterocycles. The van der Waals surface area contributed by atoms with Crippen molar-refractivity contribution in [2.75, 3.05) is 6.26 Å². The predicted molar refractivity (Wildman–Crippen MR) is 69.8 cm³/mol. The van der Waals surface area contributed by atoms with Gasteiger partial charge in [0.1, 0.15) is 11.6 Å². The molecule has 0 amide bonds. The summed E-state index contributed by atoms with van der Waals surface area (Å²) >= 11 is 1.51. The zero-order valence-electron chi connectivity index (χ0n) is 9.54. The average molecular weight is 289 g/mol. The van der Waals surface area contributed by atoms with Crippen LogP contribution in [0.15, 0.2) is 41.8 Å². The molecular weight excluding hydrogens is 277 g/mol. The van der Waals surface area contributed by atoms with E-state index in [9.17, 15) is 12.8 Å². The van der Waals surface area contributed by atoms with Crippen molar-refractivity contribution in [1.29, 1.82) is 0 Å². The normalized spacial score (nSPS) is 10.4. The molecule has 0 atom stereocenters. The molecule has 0 aliphatic rings. The van der Waals surface area contributed by atoms with Gasteiger partial charge in [-0.25, -0.2) is 17.9 Å². The lowest BCUT2D eigenvalue weighted by Gasteiger charge is -2.00. The van der Waals surface area contributed by atoms with Crippen LogP contribution in [-0.2, 0) is 10.0 Å². The minimum Gasteiger partial charge on any atom is -0.447 e. The molecule has 0 aliphatic heterocycles. The molecule has 7 heteroatoms. The van der Waals surface area contributed by atoms with Gasteiger partial charge in [0.15, 0.2) is 5.06 Å². The number of halogens is 1. The largest absolute Gasteiger partial charge is 0.447 e. The quantitative estimate of drug-likeness (QED) is 0.923. The van der Waals surface area contributed by atoms with Crippen LogP contribution in [0.3, 0.4) is 0 Å². The summed E-state index contributed by atoms with van der Waals surface area (Å²) in [6, 6.07) is 9.74. The Bertz CT molecular complexity index is 557. The van der Waals surface area contributed by atoms with Gasteiger partial charge in [0.2, 0.25) is 10.0 Å². The van der Waals surface area contributed by atoms with Crippen LogP contribution in [-0.4, -0.2) is 14.7 Å². The summed E-state index contributed by atoms with van der Waals surface area (Å²) in [5.74, 6) is 0.405. The van der Waals surface area contributed by atoms with Gasteiger partial charge in [0, 0.05) is 0 Å². The van der Waals surface area contributed by atoms with Crippen LogP contribution in [0.5, 0.6) is 10.8 Å². The Labute approximate surface area is 109 Å². The third-order valence-electron chi connectivity index (χ3n) is 1.53. The van der Waals surface area contributed by atoms with Gasteiger partial charge in [-0.15, -0.1) is 11.3 Å². The van der Waals surface area contributed by atoms with E-state index in [0.29, 0.717) is 5.75 Å². The fraction of sp³-hybridized carbons (Fsp3) is 0.0909. The van der Waals surface area contributed by atoms with Crippen molar-refractivity contribution in [2.45, 2.75) is 0 Å². The summed E-state index contributed by atoms with van der Waals surface area (Å²) in [6.45, 7) is 0. The van der Waals surface area contributed by atoms with Crippen LogP contribution < -0.4 is 9.88 Å². The third kappa shape index (κ3) is 7.00. The molecule has 2 aromatic rings. The highest BCUT2D eigenvalue weighted by Crippen LogP contribution is 2.25. The molecule has 0 saturated heterocycles. The molecule has 0 spiro atoms. The molecule has 0 radical (unpaired) electrons. The number of sulfonamides is 1. The first kappa shape index (κ1) is 14.6.